The van der Waals surface area contributed by atoms with Gasteiger partial charge in [-0.1, -0.05) is 87.6 Å². The molecule has 0 aliphatic heterocycles. The molecule has 236 valence electrons. The van der Waals surface area contributed by atoms with E-state index in [0.29, 0.717) is 11.1 Å². The number of carbonyl (C=O) groups is 2. The van der Waals surface area contributed by atoms with Crippen LogP contribution in [0.25, 0.3) is 0 Å². The molecular weight excluding hydrogens is 604 g/mol. The molecule has 0 heterocycles. The molecule has 0 saturated heterocycles. The SMILES string of the molecule is C.C.CC(C)(C(=O)NO)c1ccccc1S(=O)(=O)c1ccccc1.O=C(NO)c1ccccc1CS(=O)(=O)c1ccccc1. The molecule has 0 unspecified atom stereocenters. The van der Waals surface area contributed by atoms with E-state index >= 15 is 0 Å². The van der Waals surface area contributed by atoms with Crippen LogP contribution in [-0.2, 0) is 35.6 Å². The molecule has 2 amide bonds. The van der Waals surface area contributed by atoms with Gasteiger partial charge in [-0.05, 0) is 61.4 Å². The second-order valence-corrected chi connectivity index (χ2v) is 13.5. The largest absolute Gasteiger partial charge is 0.289 e. The number of sulfone groups is 2. The van der Waals surface area contributed by atoms with Gasteiger partial charge in [-0.3, -0.25) is 20.0 Å². The minimum atomic E-state index is -3.76. The van der Waals surface area contributed by atoms with Crippen LogP contribution < -0.4 is 11.0 Å². The van der Waals surface area contributed by atoms with E-state index < -0.39 is 36.9 Å². The first kappa shape index (κ1) is 37.7. The minimum Gasteiger partial charge on any atom is -0.289 e. The Labute approximate surface area is 259 Å². The van der Waals surface area contributed by atoms with Crippen molar-refractivity contribution in [1.29, 1.82) is 0 Å². The zero-order valence-corrected chi connectivity index (χ0v) is 24.4. The number of amides is 2. The van der Waals surface area contributed by atoms with Crippen molar-refractivity contribution in [3.63, 3.8) is 0 Å². The Morgan fingerprint density at radius 2 is 1.14 bits per heavy atom. The Balaban J connectivity index is 0.000000422. The van der Waals surface area contributed by atoms with Crippen LogP contribution in [-0.4, -0.2) is 39.1 Å². The number of carbonyl (C=O) groups excluding carboxylic acids is 2. The summed E-state index contributed by atoms with van der Waals surface area (Å²) in [4.78, 5) is 23.8. The van der Waals surface area contributed by atoms with E-state index in [0.717, 1.165) is 0 Å². The van der Waals surface area contributed by atoms with Crippen LogP contribution >= 0.6 is 0 Å². The van der Waals surface area contributed by atoms with Gasteiger partial charge in [0.05, 0.1) is 25.9 Å². The molecule has 0 aliphatic carbocycles. The zero-order valence-electron chi connectivity index (χ0n) is 22.8. The summed E-state index contributed by atoms with van der Waals surface area (Å²) in [6.45, 7) is 3.11. The van der Waals surface area contributed by atoms with E-state index in [-0.39, 0.29) is 40.9 Å². The highest BCUT2D eigenvalue weighted by molar-refractivity contribution is 7.91. The fourth-order valence-electron chi connectivity index (χ4n) is 4.05. The van der Waals surface area contributed by atoms with Gasteiger partial charge in [0.25, 0.3) is 11.8 Å². The monoisotopic (exact) mass is 642 g/mol. The van der Waals surface area contributed by atoms with Gasteiger partial charge >= 0.3 is 0 Å². The van der Waals surface area contributed by atoms with Crippen molar-refractivity contribution in [2.45, 2.75) is 54.6 Å². The average Bonchev–Trinajstić information content (AvgIpc) is 3.01. The molecule has 12 heteroatoms. The molecule has 4 rings (SSSR count). The summed E-state index contributed by atoms with van der Waals surface area (Å²) in [6.07, 6.45) is 0. The number of nitrogens with one attached hydrogen (secondary N) is 2. The smallest absolute Gasteiger partial charge is 0.274 e. The van der Waals surface area contributed by atoms with Gasteiger partial charge in [0, 0.05) is 5.56 Å². The van der Waals surface area contributed by atoms with Gasteiger partial charge in [-0.25, -0.2) is 27.8 Å². The number of hydrogen-bond donors (Lipinski definition) is 4. The Bertz CT molecular complexity index is 1760. The molecule has 4 N–H and O–H groups in total. The Morgan fingerprint density at radius 3 is 1.68 bits per heavy atom. The molecule has 0 fully saturated rings. The zero-order chi connectivity index (χ0) is 31.0. The van der Waals surface area contributed by atoms with Crippen LogP contribution in [0.15, 0.2) is 124 Å². The van der Waals surface area contributed by atoms with Crippen LogP contribution in [0.5, 0.6) is 0 Å². The highest BCUT2D eigenvalue weighted by Gasteiger charge is 2.35. The van der Waals surface area contributed by atoms with E-state index in [1.807, 2.05) is 0 Å². The van der Waals surface area contributed by atoms with E-state index in [1.165, 1.54) is 41.9 Å². The second-order valence-electron chi connectivity index (χ2n) is 9.55. The summed E-state index contributed by atoms with van der Waals surface area (Å²) in [6, 6.07) is 28.6. The summed E-state index contributed by atoms with van der Waals surface area (Å²) in [5, 5.41) is 17.6. The number of benzene rings is 4. The first-order valence-corrected chi connectivity index (χ1v) is 15.6. The third kappa shape index (κ3) is 8.60. The Hall–Kier alpha value is -4.36. The molecule has 0 bridgehead atoms. The van der Waals surface area contributed by atoms with E-state index in [9.17, 15) is 26.4 Å². The topological polar surface area (TPSA) is 167 Å². The molecule has 0 aliphatic rings. The lowest BCUT2D eigenvalue weighted by Gasteiger charge is -2.25. The molecular formula is C32H38N2O8S2. The van der Waals surface area contributed by atoms with Gasteiger partial charge in [-0.15, -0.1) is 0 Å². The van der Waals surface area contributed by atoms with Crippen LogP contribution in [0.2, 0.25) is 0 Å². The predicted molar refractivity (Wildman–Crippen MR) is 168 cm³/mol. The summed E-state index contributed by atoms with van der Waals surface area (Å²) >= 11 is 0. The number of rotatable bonds is 8. The molecule has 0 atom stereocenters. The van der Waals surface area contributed by atoms with Gasteiger partial charge < -0.3 is 0 Å². The summed E-state index contributed by atoms with van der Waals surface area (Å²) in [5.74, 6) is -1.72. The van der Waals surface area contributed by atoms with Crippen LogP contribution in [0.1, 0.15) is 50.2 Å². The van der Waals surface area contributed by atoms with Crippen molar-refractivity contribution in [3.8, 4) is 0 Å². The molecule has 10 nitrogen and oxygen atoms in total. The van der Waals surface area contributed by atoms with E-state index in [1.54, 1.807) is 92.1 Å². The third-order valence-electron chi connectivity index (χ3n) is 6.38. The molecule has 0 spiro atoms. The summed E-state index contributed by atoms with van der Waals surface area (Å²) in [7, 11) is -7.30. The van der Waals surface area contributed by atoms with Crippen molar-refractivity contribution >= 4 is 31.5 Å². The normalized spacial score (nSPS) is 11.0. The van der Waals surface area contributed by atoms with Crippen LogP contribution in [0.3, 0.4) is 0 Å². The van der Waals surface area contributed by atoms with Gasteiger partial charge in [0.1, 0.15) is 0 Å². The fourth-order valence-corrected chi connectivity index (χ4v) is 7.09. The lowest BCUT2D eigenvalue weighted by molar-refractivity contribution is -0.134. The predicted octanol–water partition coefficient (Wildman–Crippen LogP) is 5.35. The lowest BCUT2D eigenvalue weighted by atomic mass is 9.84. The maximum absolute atomic E-state index is 12.8. The molecule has 0 radical (unpaired) electrons. The summed E-state index contributed by atoms with van der Waals surface area (Å²) < 4.78 is 50.2. The standard InChI is InChI=1S/C16H17NO4S.C14H13NO4S.2CH4/c1-16(2,15(18)17-19)13-10-6-7-11-14(13)22(20,21)12-8-4-3-5-9-12;16-14(15-17)13-9-5-4-6-11(13)10-20(18,19)12-7-2-1-3-8-12;;/h3-11,19H,1-2H3,(H,17,18);1-9,17H,10H2,(H,15,16);2*1H4. The molecule has 0 saturated carbocycles. The maximum atomic E-state index is 12.8. The van der Waals surface area contributed by atoms with Crippen LogP contribution in [0, 0.1) is 0 Å². The fraction of sp³-hybridized carbons (Fsp3) is 0.188. The average molecular weight is 643 g/mol. The molecule has 4 aromatic rings. The first-order chi connectivity index (χ1) is 19.9. The van der Waals surface area contributed by atoms with Gasteiger partial charge in [0.15, 0.2) is 9.84 Å². The highest BCUT2D eigenvalue weighted by Crippen LogP contribution is 2.32. The van der Waals surface area contributed by atoms with E-state index in [2.05, 4.69) is 0 Å². The van der Waals surface area contributed by atoms with Crippen molar-refractivity contribution in [1.82, 2.24) is 11.0 Å². The number of hydroxylamine groups is 2. The molecule has 4 aromatic carbocycles. The van der Waals surface area contributed by atoms with Gasteiger partial charge in [0.2, 0.25) is 9.84 Å². The maximum Gasteiger partial charge on any atom is 0.274 e. The third-order valence-corrected chi connectivity index (χ3v) is 9.89. The van der Waals surface area contributed by atoms with Crippen molar-refractivity contribution < 1.29 is 36.8 Å². The Morgan fingerprint density at radius 1 is 0.659 bits per heavy atom. The summed E-state index contributed by atoms with van der Waals surface area (Å²) in [5.41, 5.74) is 2.69. The van der Waals surface area contributed by atoms with Crippen LogP contribution in [0.4, 0.5) is 0 Å². The highest BCUT2D eigenvalue weighted by atomic mass is 32.2. The molecule has 44 heavy (non-hydrogen) atoms. The van der Waals surface area contributed by atoms with Crippen molar-refractivity contribution in [2.24, 2.45) is 0 Å². The molecule has 0 aromatic heterocycles. The number of hydrogen-bond acceptors (Lipinski definition) is 8. The quantitative estimate of drug-likeness (QED) is 0.147. The first-order valence-electron chi connectivity index (χ1n) is 12.5. The van der Waals surface area contributed by atoms with Crippen molar-refractivity contribution in [3.05, 3.63) is 126 Å². The minimum absolute atomic E-state index is 0. The second kappa shape index (κ2) is 15.9. The van der Waals surface area contributed by atoms with Gasteiger partial charge in [-0.2, -0.15) is 0 Å². The van der Waals surface area contributed by atoms with E-state index in [4.69, 9.17) is 10.4 Å². The lowest BCUT2D eigenvalue weighted by Crippen LogP contribution is -2.39. The Kier molecular flexibility index (Phi) is 13.6. The van der Waals surface area contributed by atoms with Crippen molar-refractivity contribution in [2.75, 3.05) is 0 Å².